The molecule has 3 rings (SSSR count). The van der Waals surface area contributed by atoms with Gasteiger partial charge in [-0.15, -0.1) is 0 Å². The van der Waals surface area contributed by atoms with E-state index < -0.39 is 9.84 Å². The number of carbonyl (C=O) groups is 1. The topological polar surface area (TPSA) is 75.7 Å². The molecule has 144 valence electrons. The fourth-order valence-corrected chi connectivity index (χ4v) is 4.90. The number of hydrogen-bond acceptors (Lipinski definition) is 4. The Labute approximate surface area is 164 Å². The summed E-state index contributed by atoms with van der Waals surface area (Å²) < 4.78 is 29.0. The number of amides is 2. The monoisotopic (exact) mass is 408 g/mol. The number of nitrogens with zero attached hydrogens (tertiary/aromatic N) is 1. The number of ether oxygens (including phenoxy) is 1. The Bertz CT molecular complexity index is 898. The summed E-state index contributed by atoms with van der Waals surface area (Å²) in [6, 6.07) is 13.5. The van der Waals surface area contributed by atoms with Crippen molar-refractivity contribution in [2.75, 3.05) is 23.9 Å². The summed E-state index contributed by atoms with van der Waals surface area (Å²) in [5, 5.41) is 3.40. The summed E-state index contributed by atoms with van der Waals surface area (Å²) in [4.78, 5) is 14.5. The maximum Gasteiger partial charge on any atom is 0.322 e. The molecule has 0 bridgehead atoms. The molecule has 6 nitrogen and oxygen atoms in total. The Morgan fingerprint density at radius 1 is 1.19 bits per heavy atom. The van der Waals surface area contributed by atoms with Gasteiger partial charge in [-0.05, 0) is 48.4 Å². The molecule has 0 aliphatic carbocycles. The molecule has 27 heavy (non-hydrogen) atoms. The van der Waals surface area contributed by atoms with Gasteiger partial charge >= 0.3 is 6.03 Å². The molecule has 1 atom stereocenters. The van der Waals surface area contributed by atoms with Crippen molar-refractivity contribution in [1.82, 2.24) is 4.90 Å². The van der Waals surface area contributed by atoms with Crippen molar-refractivity contribution in [3.8, 4) is 5.75 Å². The lowest BCUT2D eigenvalue weighted by Crippen LogP contribution is -2.43. The van der Waals surface area contributed by atoms with E-state index >= 15 is 0 Å². The first-order valence-corrected chi connectivity index (χ1v) is 10.7. The number of carbonyl (C=O) groups excluding carboxylic acids is 1. The first-order valence-electron chi connectivity index (χ1n) is 8.53. The Morgan fingerprint density at radius 3 is 2.41 bits per heavy atom. The third-order valence-corrected chi connectivity index (χ3v) is 6.52. The summed E-state index contributed by atoms with van der Waals surface area (Å²) >= 11 is 5.88. The normalized spacial score (nSPS) is 18.1. The van der Waals surface area contributed by atoms with Crippen LogP contribution in [0.15, 0.2) is 48.5 Å². The zero-order valence-corrected chi connectivity index (χ0v) is 16.5. The molecule has 0 spiro atoms. The number of anilines is 1. The Balaban J connectivity index is 1.79. The molecule has 1 N–H and O–H groups in total. The molecule has 2 amide bonds. The quantitative estimate of drug-likeness (QED) is 0.820. The second-order valence-electron chi connectivity index (χ2n) is 6.47. The van der Waals surface area contributed by atoms with Gasteiger partial charge in [-0.2, -0.15) is 0 Å². The lowest BCUT2D eigenvalue weighted by atomic mass is 10.1. The average molecular weight is 409 g/mol. The van der Waals surface area contributed by atoms with Crippen LogP contribution < -0.4 is 10.1 Å². The predicted molar refractivity (Wildman–Crippen MR) is 106 cm³/mol. The minimum atomic E-state index is -3.11. The number of hydrogen-bond donors (Lipinski definition) is 1. The highest BCUT2D eigenvalue weighted by molar-refractivity contribution is 7.91. The van der Waals surface area contributed by atoms with Gasteiger partial charge in [0.05, 0.1) is 18.6 Å². The number of benzene rings is 2. The van der Waals surface area contributed by atoms with Gasteiger partial charge in [0.15, 0.2) is 9.84 Å². The van der Waals surface area contributed by atoms with Crippen molar-refractivity contribution < 1.29 is 17.9 Å². The van der Waals surface area contributed by atoms with Crippen LogP contribution in [-0.2, 0) is 16.4 Å². The molecule has 1 heterocycles. The van der Waals surface area contributed by atoms with Gasteiger partial charge in [-0.3, -0.25) is 0 Å². The highest BCUT2D eigenvalue weighted by Crippen LogP contribution is 2.23. The molecule has 1 fully saturated rings. The van der Waals surface area contributed by atoms with E-state index in [0.717, 1.165) is 11.3 Å². The minimum Gasteiger partial charge on any atom is -0.497 e. The molecule has 2 aromatic rings. The first kappa shape index (κ1) is 19.5. The van der Waals surface area contributed by atoms with Crippen LogP contribution in [-0.4, -0.2) is 44.0 Å². The molecule has 0 aromatic heterocycles. The van der Waals surface area contributed by atoms with Gasteiger partial charge in [0.1, 0.15) is 5.75 Å². The number of nitrogens with one attached hydrogen (secondary N) is 1. The first-order chi connectivity index (χ1) is 12.9. The van der Waals surface area contributed by atoms with Gasteiger partial charge in [0, 0.05) is 23.3 Å². The van der Waals surface area contributed by atoms with Gasteiger partial charge in [-0.1, -0.05) is 23.7 Å². The highest BCUT2D eigenvalue weighted by Gasteiger charge is 2.34. The van der Waals surface area contributed by atoms with E-state index in [1.165, 1.54) is 0 Å². The van der Waals surface area contributed by atoms with E-state index in [1.807, 2.05) is 24.3 Å². The molecule has 1 aliphatic heterocycles. The van der Waals surface area contributed by atoms with Crippen molar-refractivity contribution in [2.45, 2.75) is 19.0 Å². The van der Waals surface area contributed by atoms with Crippen LogP contribution in [0.4, 0.5) is 10.5 Å². The zero-order valence-electron chi connectivity index (χ0n) is 14.9. The smallest absolute Gasteiger partial charge is 0.322 e. The summed E-state index contributed by atoms with van der Waals surface area (Å²) in [5.41, 5.74) is 1.50. The van der Waals surface area contributed by atoms with E-state index in [4.69, 9.17) is 16.3 Å². The second-order valence-corrected chi connectivity index (χ2v) is 9.14. The Morgan fingerprint density at radius 2 is 1.85 bits per heavy atom. The maximum absolute atomic E-state index is 12.9. The third-order valence-electron chi connectivity index (χ3n) is 4.52. The van der Waals surface area contributed by atoms with E-state index in [2.05, 4.69) is 5.32 Å². The van der Waals surface area contributed by atoms with Crippen molar-refractivity contribution >= 4 is 33.2 Å². The van der Waals surface area contributed by atoms with Crippen LogP contribution in [0.5, 0.6) is 5.75 Å². The molecule has 1 saturated heterocycles. The summed E-state index contributed by atoms with van der Waals surface area (Å²) in [6.45, 7) is 0.309. The lowest BCUT2D eigenvalue weighted by Gasteiger charge is -2.28. The van der Waals surface area contributed by atoms with Gasteiger partial charge in [-0.25, -0.2) is 13.2 Å². The number of rotatable bonds is 5. The third kappa shape index (κ3) is 5.14. The number of halogens is 1. The molecule has 1 aliphatic rings. The van der Waals surface area contributed by atoms with Crippen LogP contribution in [0, 0.1) is 0 Å². The molecular formula is C19H21ClN2O4S. The van der Waals surface area contributed by atoms with Gasteiger partial charge in [0.25, 0.3) is 0 Å². The fraction of sp³-hybridized carbons (Fsp3) is 0.316. The van der Waals surface area contributed by atoms with E-state index in [0.29, 0.717) is 23.7 Å². The van der Waals surface area contributed by atoms with E-state index in [9.17, 15) is 13.2 Å². The maximum atomic E-state index is 12.9. The van der Waals surface area contributed by atoms with Crippen LogP contribution in [0.1, 0.15) is 12.0 Å². The molecule has 0 radical (unpaired) electrons. The van der Waals surface area contributed by atoms with Crippen molar-refractivity contribution in [2.24, 2.45) is 0 Å². The van der Waals surface area contributed by atoms with Gasteiger partial charge < -0.3 is 15.0 Å². The van der Waals surface area contributed by atoms with Crippen molar-refractivity contribution in [3.63, 3.8) is 0 Å². The Kier molecular flexibility index (Phi) is 5.92. The lowest BCUT2D eigenvalue weighted by molar-refractivity contribution is 0.190. The van der Waals surface area contributed by atoms with E-state index in [1.54, 1.807) is 36.3 Å². The van der Waals surface area contributed by atoms with Crippen LogP contribution in [0.25, 0.3) is 0 Å². The highest BCUT2D eigenvalue weighted by atomic mass is 35.5. The fourth-order valence-electron chi connectivity index (χ4n) is 3.04. The molecule has 8 heteroatoms. The molecule has 0 saturated carbocycles. The average Bonchev–Trinajstić information content (AvgIpc) is 3.01. The number of sulfone groups is 1. The van der Waals surface area contributed by atoms with Gasteiger partial charge in [0.2, 0.25) is 0 Å². The SMILES string of the molecule is COc1ccc(CN(C(=O)Nc2ccc(Cl)cc2)C2CCS(=O)(=O)C2)cc1. The van der Waals surface area contributed by atoms with Crippen LogP contribution in [0.2, 0.25) is 5.02 Å². The molecule has 2 aromatic carbocycles. The van der Waals surface area contributed by atoms with Crippen molar-refractivity contribution in [3.05, 3.63) is 59.1 Å². The molecule has 1 unspecified atom stereocenters. The molecular weight excluding hydrogens is 388 g/mol. The van der Waals surface area contributed by atoms with Crippen LogP contribution in [0.3, 0.4) is 0 Å². The largest absolute Gasteiger partial charge is 0.497 e. The minimum absolute atomic E-state index is 0.0167. The Hall–Kier alpha value is -2.25. The summed E-state index contributed by atoms with van der Waals surface area (Å²) in [5.74, 6) is 0.807. The predicted octanol–water partition coefficient (Wildman–Crippen LogP) is 3.57. The van der Waals surface area contributed by atoms with Crippen LogP contribution >= 0.6 is 11.6 Å². The second kappa shape index (κ2) is 8.19. The van der Waals surface area contributed by atoms with Crippen molar-refractivity contribution in [1.29, 1.82) is 0 Å². The number of urea groups is 1. The van der Waals surface area contributed by atoms with E-state index in [-0.39, 0.29) is 23.6 Å². The summed E-state index contributed by atoms with van der Waals surface area (Å²) in [7, 11) is -1.53. The summed E-state index contributed by atoms with van der Waals surface area (Å²) in [6.07, 6.45) is 0.437. The zero-order chi connectivity index (χ0) is 19.4. The standard InChI is InChI=1S/C19H21ClN2O4S/c1-26-18-8-2-14(3-9-18)12-22(17-10-11-27(24,25)13-17)19(23)21-16-6-4-15(20)5-7-16/h2-9,17H,10-13H2,1H3,(H,21,23). The number of methoxy groups -OCH3 is 1.